The first kappa shape index (κ1) is 24.1. The molecule has 0 radical (unpaired) electrons. The summed E-state index contributed by atoms with van der Waals surface area (Å²) < 4.78 is 38.6. The van der Waals surface area contributed by atoms with Gasteiger partial charge in [0.25, 0.3) is 15.9 Å². The summed E-state index contributed by atoms with van der Waals surface area (Å²) >= 11 is 0. The highest BCUT2D eigenvalue weighted by molar-refractivity contribution is 7.93. The first-order valence-electron chi connectivity index (χ1n) is 10.7. The summed E-state index contributed by atoms with van der Waals surface area (Å²) in [5.41, 5.74) is 0.899. The molecule has 1 amide bonds. The number of unbranched alkanes of at least 4 members (excludes halogenated alkanes) is 1. The second-order valence-corrected chi connectivity index (χ2v) is 8.98. The number of benzene rings is 3. The van der Waals surface area contributed by atoms with Crippen LogP contribution in [0.1, 0.15) is 25.3 Å². The standard InChI is InChI=1S/C26H27NO5S/c1-3-4-20-32-25-13-9-8-10-21(25)14-19-26(28)27(22-15-17-23(31-2)18-16-22)33(29,30)24-11-6-5-7-12-24/h5-19H,3-4,20H2,1-2H3/b19-14+. The molecule has 7 heteroatoms. The Morgan fingerprint density at radius 2 is 1.61 bits per heavy atom. The zero-order chi connectivity index (χ0) is 23.7. The van der Waals surface area contributed by atoms with Crippen LogP contribution in [0, 0.1) is 0 Å². The van der Waals surface area contributed by atoms with Gasteiger partial charge < -0.3 is 9.47 Å². The topological polar surface area (TPSA) is 72.9 Å². The summed E-state index contributed by atoms with van der Waals surface area (Å²) in [4.78, 5) is 13.3. The summed E-state index contributed by atoms with van der Waals surface area (Å²) in [7, 11) is -2.63. The van der Waals surface area contributed by atoms with Gasteiger partial charge in [-0.2, -0.15) is 4.31 Å². The lowest BCUT2D eigenvalue weighted by Gasteiger charge is -2.21. The summed E-state index contributed by atoms with van der Waals surface area (Å²) in [5, 5.41) is 0. The molecule has 6 nitrogen and oxygen atoms in total. The average molecular weight is 466 g/mol. The van der Waals surface area contributed by atoms with Crippen molar-refractivity contribution >= 4 is 27.7 Å². The molecule has 3 aromatic rings. The Morgan fingerprint density at radius 3 is 2.27 bits per heavy atom. The second-order valence-electron chi connectivity index (χ2n) is 7.19. The van der Waals surface area contributed by atoms with Crippen molar-refractivity contribution in [3.63, 3.8) is 0 Å². The lowest BCUT2D eigenvalue weighted by Crippen LogP contribution is -2.35. The molecule has 0 aromatic heterocycles. The number of para-hydroxylation sites is 1. The summed E-state index contributed by atoms with van der Waals surface area (Å²) in [6, 6.07) is 21.5. The molecule has 0 aliphatic heterocycles. The number of hydrogen-bond donors (Lipinski definition) is 0. The van der Waals surface area contributed by atoms with E-state index in [-0.39, 0.29) is 10.6 Å². The molecule has 0 bridgehead atoms. The van der Waals surface area contributed by atoms with Crippen LogP contribution in [0.4, 0.5) is 5.69 Å². The number of carbonyl (C=O) groups excluding carboxylic acids is 1. The number of rotatable bonds is 10. The van der Waals surface area contributed by atoms with E-state index in [2.05, 4.69) is 6.92 Å². The summed E-state index contributed by atoms with van der Waals surface area (Å²) in [6.45, 7) is 2.64. The summed E-state index contributed by atoms with van der Waals surface area (Å²) in [5.74, 6) is 0.487. The van der Waals surface area contributed by atoms with Crippen molar-refractivity contribution < 1.29 is 22.7 Å². The maximum absolute atomic E-state index is 13.4. The number of nitrogens with zero attached hydrogens (tertiary/aromatic N) is 1. The predicted octanol–water partition coefficient (Wildman–Crippen LogP) is 5.31. The van der Waals surface area contributed by atoms with Crippen LogP contribution in [0.2, 0.25) is 0 Å². The zero-order valence-corrected chi connectivity index (χ0v) is 19.5. The molecule has 172 valence electrons. The summed E-state index contributed by atoms with van der Waals surface area (Å²) in [6.07, 6.45) is 4.73. The quantitative estimate of drug-likeness (QED) is 0.300. The van der Waals surface area contributed by atoms with Crippen LogP contribution in [0.25, 0.3) is 6.08 Å². The minimum Gasteiger partial charge on any atom is -0.497 e. The lowest BCUT2D eigenvalue weighted by atomic mass is 10.2. The fourth-order valence-electron chi connectivity index (χ4n) is 3.10. The van der Waals surface area contributed by atoms with Crippen molar-refractivity contribution in [1.29, 1.82) is 0 Å². The van der Waals surface area contributed by atoms with Gasteiger partial charge in [0.2, 0.25) is 0 Å². The minimum atomic E-state index is -4.14. The SMILES string of the molecule is CCCCOc1ccccc1/C=C/C(=O)N(c1ccc(OC)cc1)S(=O)(=O)c1ccccc1. The Balaban J connectivity index is 1.97. The van der Waals surface area contributed by atoms with Crippen LogP contribution in [0.3, 0.4) is 0 Å². The molecule has 0 aliphatic carbocycles. The van der Waals surface area contributed by atoms with Crippen molar-refractivity contribution in [2.24, 2.45) is 0 Å². The molecule has 0 saturated heterocycles. The van der Waals surface area contributed by atoms with E-state index < -0.39 is 15.9 Å². The van der Waals surface area contributed by atoms with Crippen LogP contribution in [0.15, 0.2) is 89.8 Å². The number of methoxy groups -OCH3 is 1. The van der Waals surface area contributed by atoms with Crippen molar-refractivity contribution in [2.75, 3.05) is 18.0 Å². The molecule has 3 aromatic carbocycles. The number of carbonyl (C=O) groups is 1. The molecular formula is C26H27NO5S. The van der Waals surface area contributed by atoms with Gasteiger partial charge in [0, 0.05) is 11.6 Å². The molecule has 33 heavy (non-hydrogen) atoms. The van der Waals surface area contributed by atoms with Crippen molar-refractivity contribution in [3.8, 4) is 11.5 Å². The van der Waals surface area contributed by atoms with Gasteiger partial charge in [-0.3, -0.25) is 4.79 Å². The van der Waals surface area contributed by atoms with Gasteiger partial charge in [-0.15, -0.1) is 0 Å². The number of anilines is 1. The molecule has 0 fully saturated rings. The lowest BCUT2D eigenvalue weighted by molar-refractivity contribution is -0.113. The minimum absolute atomic E-state index is 0.0193. The average Bonchev–Trinajstić information content (AvgIpc) is 2.84. The highest BCUT2D eigenvalue weighted by atomic mass is 32.2. The number of ether oxygens (including phenoxy) is 2. The van der Waals surface area contributed by atoms with Crippen LogP contribution in [0.5, 0.6) is 11.5 Å². The van der Waals surface area contributed by atoms with Gasteiger partial charge in [-0.25, -0.2) is 8.42 Å². The van der Waals surface area contributed by atoms with Gasteiger partial charge in [0.05, 0.1) is 24.3 Å². The van der Waals surface area contributed by atoms with E-state index in [1.54, 1.807) is 36.4 Å². The van der Waals surface area contributed by atoms with Crippen LogP contribution < -0.4 is 13.8 Å². The van der Waals surface area contributed by atoms with Crippen molar-refractivity contribution in [3.05, 3.63) is 90.5 Å². The van der Waals surface area contributed by atoms with Crippen LogP contribution in [-0.4, -0.2) is 28.0 Å². The van der Waals surface area contributed by atoms with E-state index in [9.17, 15) is 13.2 Å². The molecule has 0 N–H and O–H groups in total. The maximum atomic E-state index is 13.4. The van der Waals surface area contributed by atoms with E-state index in [0.717, 1.165) is 17.1 Å². The monoisotopic (exact) mass is 465 g/mol. The smallest absolute Gasteiger partial charge is 0.271 e. The van der Waals surface area contributed by atoms with Crippen molar-refractivity contribution in [2.45, 2.75) is 24.7 Å². The second kappa shape index (κ2) is 11.3. The predicted molar refractivity (Wildman–Crippen MR) is 130 cm³/mol. The third-order valence-corrected chi connectivity index (χ3v) is 6.61. The van der Waals surface area contributed by atoms with Gasteiger partial charge in [0.15, 0.2) is 0 Å². The molecule has 0 spiro atoms. The van der Waals surface area contributed by atoms with Crippen LogP contribution >= 0.6 is 0 Å². The highest BCUT2D eigenvalue weighted by Gasteiger charge is 2.29. The molecule has 3 rings (SSSR count). The molecule has 0 atom stereocenters. The Morgan fingerprint density at radius 1 is 0.939 bits per heavy atom. The Bertz CT molecular complexity index is 1190. The molecule has 0 aliphatic rings. The number of sulfonamides is 1. The molecule has 0 heterocycles. The van der Waals surface area contributed by atoms with Gasteiger partial charge >= 0.3 is 0 Å². The van der Waals surface area contributed by atoms with Gasteiger partial charge in [0.1, 0.15) is 11.5 Å². The third kappa shape index (κ3) is 6.02. The Kier molecular flexibility index (Phi) is 8.27. The fourth-order valence-corrected chi connectivity index (χ4v) is 4.51. The van der Waals surface area contributed by atoms with Crippen molar-refractivity contribution in [1.82, 2.24) is 0 Å². The van der Waals surface area contributed by atoms with E-state index in [1.165, 1.54) is 37.5 Å². The third-order valence-electron chi connectivity index (χ3n) is 4.87. The zero-order valence-electron chi connectivity index (χ0n) is 18.7. The molecular weight excluding hydrogens is 438 g/mol. The Hall–Kier alpha value is -3.58. The maximum Gasteiger partial charge on any atom is 0.271 e. The highest BCUT2D eigenvalue weighted by Crippen LogP contribution is 2.27. The molecule has 0 saturated carbocycles. The molecule has 0 unspecified atom stereocenters. The normalized spacial score (nSPS) is 11.3. The number of hydrogen-bond acceptors (Lipinski definition) is 5. The van der Waals surface area contributed by atoms with Crippen LogP contribution in [-0.2, 0) is 14.8 Å². The first-order chi connectivity index (χ1) is 16.0. The first-order valence-corrected chi connectivity index (χ1v) is 12.1. The largest absolute Gasteiger partial charge is 0.497 e. The van der Waals surface area contributed by atoms with E-state index in [1.807, 2.05) is 24.3 Å². The van der Waals surface area contributed by atoms with E-state index >= 15 is 0 Å². The fraction of sp³-hybridized carbons (Fsp3) is 0.192. The Labute approximate surface area is 195 Å². The van der Waals surface area contributed by atoms with Gasteiger partial charge in [-0.1, -0.05) is 49.7 Å². The van der Waals surface area contributed by atoms with E-state index in [4.69, 9.17) is 9.47 Å². The van der Waals surface area contributed by atoms with E-state index in [0.29, 0.717) is 23.7 Å². The van der Waals surface area contributed by atoms with Gasteiger partial charge in [-0.05, 0) is 55.0 Å². The number of amides is 1.